The molecule has 1 rings (SSSR count). The SMILES string of the molecule is COc1ccc(CCCCS(=O)(=O)[O-])c(OC)c1OC. The average molecular weight is 303 g/mol. The number of rotatable bonds is 8. The standard InChI is InChI=1S/C13H20O6S/c1-17-11-8-7-10(12(18-2)13(11)19-3)6-4-5-9-20(14,15)16/h7-8H,4-6,9H2,1-3H3,(H,14,15,16)/p-1. The Morgan fingerprint density at radius 1 is 1.00 bits per heavy atom. The Hall–Kier alpha value is -1.47. The maximum Gasteiger partial charge on any atom is 0.203 e. The van der Waals surface area contributed by atoms with Gasteiger partial charge in [-0.05, 0) is 30.9 Å². The van der Waals surface area contributed by atoms with Crippen LogP contribution in [0.15, 0.2) is 12.1 Å². The first-order valence-corrected chi connectivity index (χ1v) is 7.72. The van der Waals surface area contributed by atoms with Gasteiger partial charge in [0.2, 0.25) is 5.75 Å². The Morgan fingerprint density at radius 3 is 2.15 bits per heavy atom. The molecule has 0 amide bonds. The molecule has 0 bridgehead atoms. The van der Waals surface area contributed by atoms with E-state index in [4.69, 9.17) is 14.2 Å². The zero-order valence-electron chi connectivity index (χ0n) is 11.8. The van der Waals surface area contributed by atoms with Crippen molar-refractivity contribution in [3.8, 4) is 17.2 Å². The van der Waals surface area contributed by atoms with E-state index < -0.39 is 10.1 Å². The van der Waals surface area contributed by atoms with E-state index in [0.29, 0.717) is 36.5 Å². The third-order valence-electron chi connectivity index (χ3n) is 2.88. The third kappa shape index (κ3) is 4.57. The first-order chi connectivity index (χ1) is 9.42. The van der Waals surface area contributed by atoms with Gasteiger partial charge >= 0.3 is 0 Å². The molecule has 1 aromatic carbocycles. The lowest BCUT2D eigenvalue weighted by Gasteiger charge is -2.15. The van der Waals surface area contributed by atoms with Crippen LogP contribution in [0.5, 0.6) is 17.2 Å². The average Bonchev–Trinajstić information content (AvgIpc) is 2.41. The Bertz CT molecular complexity index is 538. The summed E-state index contributed by atoms with van der Waals surface area (Å²) >= 11 is 0. The van der Waals surface area contributed by atoms with Gasteiger partial charge in [-0.1, -0.05) is 6.07 Å². The highest BCUT2D eigenvalue weighted by Crippen LogP contribution is 2.40. The number of aryl methyl sites for hydroxylation is 1. The fourth-order valence-corrected chi connectivity index (χ4v) is 2.51. The van der Waals surface area contributed by atoms with E-state index in [1.165, 1.54) is 21.3 Å². The van der Waals surface area contributed by atoms with Gasteiger partial charge in [0.25, 0.3) is 0 Å². The van der Waals surface area contributed by atoms with Crippen molar-refractivity contribution >= 4 is 10.1 Å². The molecule has 6 nitrogen and oxygen atoms in total. The van der Waals surface area contributed by atoms with Crippen molar-refractivity contribution in [2.24, 2.45) is 0 Å². The van der Waals surface area contributed by atoms with Crippen molar-refractivity contribution < 1.29 is 27.2 Å². The Kier molecular flexibility index (Phi) is 6.09. The highest BCUT2D eigenvalue weighted by molar-refractivity contribution is 7.85. The van der Waals surface area contributed by atoms with Crippen LogP contribution in [0.1, 0.15) is 18.4 Å². The molecule has 0 spiro atoms. The first-order valence-electron chi connectivity index (χ1n) is 6.14. The van der Waals surface area contributed by atoms with Crippen LogP contribution < -0.4 is 14.2 Å². The van der Waals surface area contributed by atoms with Crippen molar-refractivity contribution in [3.05, 3.63) is 17.7 Å². The zero-order valence-corrected chi connectivity index (χ0v) is 12.7. The van der Waals surface area contributed by atoms with Crippen LogP contribution >= 0.6 is 0 Å². The summed E-state index contributed by atoms with van der Waals surface area (Å²) in [5, 5.41) is 0. The topological polar surface area (TPSA) is 84.9 Å². The van der Waals surface area contributed by atoms with E-state index in [1.807, 2.05) is 6.07 Å². The second-order valence-corrected chi connectivity index (χ2v) is 5.74. The van der Waals surface area contributed by atoms with Gasteiger partial charge in [-0.15, -0.1) is 0 Å². The van der Waals surface area contributed by atoms with Gasteiger partial charge in [0.15, 0.2) is 11.5 Å². The van der Waals surface area contributed by atoms with Gasteiger partial charge in [0, 0.05) is 5.75 Å². The van der Waals surface area contributed by atoms with Gasteiger partial charge < -0.3 is 18.8 Å². The van der Waals surface area contributed by atoms with E-state index >= 15 is 0 Å². The van der Waals surface area contributed by atoms with Crippen LogP contribution in [0.2, 0.25) is 0 Å². The molecular formula is C13H19O6S-. The second-order valence-electron chi connectivity index (χ2n) is 4.21. The minimum absolute atomic E-state index is 0.323. The van der Waals surface area contributed by atoms with Crippen LogP contribution in [0.25, 0.3) is 0 Å². The summed E-state index contributed by atoms with van der Waals surface area (Å²) in [6.07, 6.45) is 1.50. The predicted molar refractivity (Wildman–Crippen MR) is 73.6 cm³/mol. The highest BCUT2D eigenvalue weighted by Gasteiger charge is 2.15. The van der Waals surface area contributed by atoms with Crippen molar-refractivity contribution in [2.45, 2.75) is 19.3 Å². The van der Waals surface area contributed by atoms with Gasteiger partial charge in [0.1, 0.15) is 0 Å². The van der Waals surface area contributed by atoms with Gasteiger partial charge in [0.05, 0.1) is 31.4 Å². The first kappa shape index (κ1) is 16.6. The van der Waals surface area contributed by atoms with Crippen molar-refractivity contribution in [1.29, 1.82) is 0 Å². The predicted octanol–water partition coefficient (Wildman–Crippen LogP) is 1.58. The number of methoxy groups -OCH3 is 3. The maximum absolute atomic E-state index is 10.5. The maximum atomic E-state index is 10.5. The number of benzene rings is 1. The molecule has 114 valence electrons. The fourth-order valence-electron chi connectivity index (χ4n) is 1.95. The fraction of sp³-hybridized carbons (Fsp3) is 0.538. The minimum Gasteiger partial charge on any atom is -0.748 e. The number of hydrogen-bond acceptors (Lipinski definition) is 6. The van der Waals surface area contributed by atoms with Crippen LogP contribution in [0.4, 0.5) is 0 Å². The summed E-state index contributed by atoms with van der Waals surface area (Å²) in [5.41, 5.74) is 0.883. The number of unbranched alkanes of at least 4 members (excludes halogenated alkanes) is 1. The van der Waals surface area contributed by atoms with Crippen molar-refractivity contribution in [3.63, 3.8) is 0 Å². The molecule has 20 heavy (non-hydrogen) atoms. The molecule has 0 saturated heterocycles. The van der Waals surface area contributed by atoms with E-state index in [0.717, 1.165) is 5.56 Å². The second kappa shape index (κ2) is 7.35. The van der Waals surface area contributed by atoms with E-state index in [-0.39, 0.29) is 5.75 Å². The van der Waals surface area contributed by atoms with Crippen LogP contribution in [-0.2, 0) is 16.5 Å². The van der Waals surface area contributed by atoms with Crippen molar-refractivity contribution in [1.82, 2.24) is 0 Å². The van der Waals surface area contributed by atoms with Gasteiger partial charge in [-0.3, -0.25) is 0 Å². The highest BCUT2D eigenvalue weighted by atomic mass is 32.2. The summed E-state index contributed by atoms with van der Waals surface area (Å²) in [5.74, 6) is 1.29. The summed E-state index contributed by atoms with van der Waals surface area (Å²) in [7, 11) is 0.447. The van der Waals surface area contributed by atoms with Crippen LogP contribution in [0.3, 0.4) is 0 Å². The summed E-state index contributed by atoms with van der Waals surface area (Å²) in [4.78, 5) is 0. The van der Waals surface area contributed by atoms with Crippen LogP contribution in [-0.4, -0.2) is 40.1 Å². The van der Waals surface area contributed by atoms with E-state index in [9.17, 15) is 13.0 Å². The third-order valence-corrected chi connectivity index (χ3v) is 3.66. The Morgan fingerprint density at radius 2 is 1.65 bits per heavy atom. The van der Waals surface area contributed by atoms with E-state index in [2.05, 4.69) is 0 Å². The lowest BCUT2D eigenvalue weighted by molar-refractivity contribution is 0.322. The summed E-state index contributed by atoms with van der Waals surface area (Å²) < 4.78 is 47.4. The van der Waals surface area contributed by atoms with E-state index in [1.54, 1.807) is 6.07 Å². The molecular weight excluding hydrogens is 284 g/mol. The molecule has 7 heteroatoms. The molecule has 0 aliphatic heterocycles. The molecule has 0 atom stereocenters. The van der Waals surface area contributed by atoms with Gasteiger partial charge in [-0.2, -0.15) is 0 Å². The Labute approximate surface area is 119 Å². The summed E-state index contributed by atoms with van der Waals surface area (Å²) in [6.45, 7) is 0. The zero-order chi connectivity index (χ0) is 15.2. The molecule has 0 aliphatic rings. The quantitative estimate of drug-likeness (QED) is 0.535. The van der Waals surface area contributed by atoms with Crippen molar-refractivity contribution in [2.75, 3.05) is 27.1 Å². The number of ether oxygens (including phenoxy) is 3. The normalized spacial score (nSPS) is 11.2. The molecule has 0 unspecified atom stereocenters. The molecule has 0 saturated carbocycles. The van der Waals surface area contributed by atoms with Crippen LogP contribution in [0, 0.1) is 0 Å². The Balaban J connectivity index is 2.80. The lowest BCUT2D eigenvalue weighted by Crippen LogP contribution is -2.05. The molecule has 1 aromatic rings. The molecule has 0 heterocycles. The summed E-state index contributed by atoms with van der Waals surface area (Å²) in [6, 6.07) is 3.60. The molecule has 0 aliphatic carbocycles. The minimum atomic E-state index is -4.14. The van der Waals surface area contributed by atoms with Gasteiger partial charge in [-0.25, -0.2) is 8.42 Å². The number of hydrogen-bond donors (Lipinski definition) is 0. The molecule has 0 radical (unpaired) electrons. The monoisotopic (exact) mass is 303 g/mol. The largest absolute Gasteiger partial charge is 0.748 e. The smallest absolute Gasteiger partial charge is 0.203 e. The molecule has 0 fully saturated rings. The molecule has 0 N–H and O–H groups in total. The molecule has 0 aromatic heterocycles. The lowest BCUT2D eigenvalue weighted by atomic mass is 10.1.